The maximum atomic E-state index is 10.7. The third kappa shape index (κ3) is 2.59. The molecule has 2 aliphatic rings. The average molecular weight is 263 g/mol. The van der Waals surface area contributed by atoms with Gasteiger partial charge in [0.1, 0.15) is 11.5 Å². The van der Waals surface area contributed by atoms with E-state index in [2.05, 4.69) is 11.0 Å². The minimum atomic E-state index is -0.365. The molecule has 1 N–H and O–H groups in total. The van der Waals surface area contributed by atoms with Crippen LogP contribution in [-0.2, 0) is 6.54 Å². The lowest BCUT2D eigenvalue weighted by atomic mass is 9.71. The Balaban J connectivity index is 1.66. The van der Waals surface area contributed by atoms with Crippen LogP contribution in [0.1, 0.15) is 49.2 Å². The summed E-state index contributed by atoms with van der Waals surface area (Å²) >= 11 is 0. The van der Waals surface area contributed by atoms with Crippen molar-refractivity contribution in [3.8, 4) is 0 Å². The highest BCUT2D eigenvalue weighted by Gasteiger charge is 2.42. The van der Waals surface area contributed by atoms with E-state index in [-0.39, 0.29) is 5.60 Å². The molecule has 3 rings (SSSR count). The molecule has 3 heteroatoms. The van der Waals surface area contributed by atoms with Crippen LogP contribution in [0.3, 0.4) is 0 Å². The summed E-state index contributed by atoms with van der Waals surface area (Å²) in [7, 11) is 0. The van der Waals surface area contributed by atoms with Gasteiger partial charge in [-0.15, -0.1) is 0 Å². The Kier molecular flexibility index (Phi) is 3.44. The van der Waals surface area contributed by atoms with Gasteiger partial charge in [0.15, 0.2) is 0 Å². The smallest absolute Gasteiger partial charge is 0.105 e. The monoisotopic (exact) mass is 263 g/mol. The number of rotatable bonds is 2. The Morgan fingerprint density at radius 2 is 2.21 bits per heavy atom. The van der Waals surface area contributed by atoms with E-state index in [1.807, 2.05) is 13.8 Å². The highest BCUT2D eigenvalue weighted by molar-refractivity contribution is 5.20. The molecule has 3 nitrogen and oxygen atoms in total. The molecule has 1 saturated carbocycles. The van der Waals surface area contributed by atoms with Crippen molar-refractivity contribution in [1.82, 2.24) is 4.90 Å². The first-order valence-electron chi connectivity index (χ1n) is 7.57. The number of hydrogen-bond acceptors (Lipinski definition) is 3. The van der Waals surface area contributed by atoms with Crippen molar-refractivity contribution in [2.45, 2.75) is 58.1 Å². The number of likely N-dealkylation sites (tertiary alicyclic amines) is 1. The van der Waals surface area contributed by atoms with Gasteiger partial charge in [0.25, 0.3) is 0 Å². The van der Waals surface area contributed by atoms with Gasteiger partial charge in [0, 0.05) is 31.1 Å². The summed E-state index contributed by atoms with van der Waals surface area (Å²) in [5.41, 5.74) is 0.939. The van der Waals surface area contributed by atoms with Gasteiger partial charge in [-0.05, 0) is 39.2 Å². The van der Waals surface area contributed by atoms with Gasteiger partial charge in [-0.2, -0.15) is 0 Å². The molecule has 2 unspecified atom stereocenters. The molecule has 1 aromatic rings. The SMILES string of the molecule is Cc1cc(CN2CCC3(O)CCCCC3C2)c(C)o1. The number of nitrogens with zero attached hydrogens (tertiary/aromatic N) is 1. The average Bonchev–Trinajstić information content (AvgIpc) is 2.68. The zero-order valence-corrected chi connectivity index (χ0v) is 12.1. The van der Waals surface area contributed by atoms with Crippen LogP contribution in [0.25, 0.3) is 0 Å². The molecular weight excluding hydrogens is 238 g/mol. The largest absolute Gasteiger partial charge is 0.466 e. The molecule has 0 amide bonds. The van der Waals surface area contributed by atoms with Crippen LogP contribution in [0.5, 0.6) is 0 Å². The van der Waals surface area contributed by atoms with Gasteiger partial charge < -0.3 is 9.52 Å². The molecule has 0 radical (unpaired) electrons. The van der Waals surface area contributed by atoms with E-state index in [0.29, 0.717) is 5.92 Å². The number of piperidine rings is 1. The molecule has 106 valence electrons. The van der Waals surface area contributed by atoms with Crippen LogP contribution in [0.4, 0.5) is 0 Å². The molecule has 19 heavy (non-hydrogen) atoms. The lowest BCUT2D eigenvalue weighted by molar-refractivity contribution is -0.0968. The molecule has 1 aromatic heterocycles. The first-order chi connectivity index (χ1) is 9.07. The summed E-state index contributed by atoms with van der Waals surface area (Å²) in [6.07, 6.45) is 5.62. The third-order valence-corrected chi connectivity index (χ3v) is 5.05. The number of hydrogen-bond donors (Lipinski definition) is 1. The quantitative estimate of drug-likeness (QED) is 0.891. The van der Waals surface area contributed by atoms with E-state index in [0.717, 1.165) is 44.0 Å². The summed E-state index contributed by atoms with van der Waals surface area (Å²) in [6.45, 7) is 7.07. The lowest BCUT2D eigenvalue weighted by Gasteiger charge is -2.47. The van der Waals surface area contributed by atoms with E-state index in [1.165, 1.54) is 24.8 Å². The molecule has 0 spiro atoms. The minimum absolute atomic E-state index is 0.365. The minimum Gasteiger partial charge on any atom is -0.466 e. The Bertz CT molecular complexity index is 454. The van der Waals surface area contributed by atoms with Crippen LogP contribution in [0, 0.1) is 19.8 Å². The van der Waals surface area contributed by atoms with Crippen molar-refractivity contribution < 1.29 is 9.52 Å². The predicted octanol–water partition coefficient (Wildman–Crippen LogP) is 3.02. The molecule has 0 bridgehead atoms. The van der Waals surface area contributed by atoms with Crippen LogP contribution in [-0.4, -0.2) is 28.7 Å². The number of aliphatic hydroxyl groups is 1. The van der Waals surface area contributed by atoms with E-state index in [4.69, 9.17) is 4.42 Å². The second-order valence-electron chi connectivity index (χ2n) is 6.47. The highest BCUT2D eigenvalue weighted by atomic mass is 16.3. The normalized spacial score (nSPS) is 32.3. The summed E-state index contributed by atoms with van der Waals surface area (Å²) in [5, 5.41) is 10.7. The van der Waals surface area contributed by atoms with Gasteiger partial charge in [0.2, 0.25) is 0 Å². The van der Waals surface area contributed by atoms with Crippen LogP contribution in [0.2, 0.25) is 0 Å². The zero-order chi connectivity index (χ0) is 13.5. The van der Waals surface area contributed by atoms with Gasteiger partial charge >= 0.3 is 0 Å². The van der Waals surface area contributed by atoms with Crippen molar-refractivity contribution in [1.29, 1.82) is 0 Å². The first-order valence-corrected chi connectivity index (χ1v) is 7.57. The Morgan fingerprint density at radius 1 is 1.37 bits per heavy atom. The van der Waals surface area contributed by atoms with E-state index in [9.17, 15) is 5.11 Å². The Labute approximate surface area is 115 Å². The molecule has 2 heterocycles. The lowest BCUT2D eigenvalue weighted by Crippen LogP contribution is -2.52. The highest BCUT2D eigenvalue weighted by Crippen LogP contribution is 2.40. The molecule has 1 aliphatic heterocycles. The van der Waals surface area contributed by atoms with E-state index in [1.54, 1.807) is 0 Å². The summed E-state index contributed by atoms with van der Waals surface area (Å²) < 4.78 is 5.61. The maximum absolute atomic E-state index is 10.7. The van der Waals surface area contributed by atoms with Crippen LogP contribution < -0.4 is 0 Å². The molecular formula is C16H25NO2. The summed E-state index contributed by atoms with van der Waals surface area (Å²) in [6, 6.07) is 2.15. The summed E-state index contributed by atoms with van der Waals surface area (Å²) in [4.78, 5) is 2.49. The van der Waals surface area contributed by atoms with Gasteiger partial charge in [-0.1, -0.05) is 12.8 Å². The number of fused-ring (bicyclic) bond motifs is 1. The third-order valence-electron chi connectivity index (χ3n) is 5.05. The number of furan rings is 1. The van der Waals surface area contributed by atoms with Gasteiger partial charge in [0.05, 0.1) is 5.60 Å². The second kappa shape index (κ2) is 4.95. The molecule has 2 atom stereocenters. The maximum Gasteiger partial charge on any atom is 0.105 e. The van der Waals surface area contributed by atoms with E-state index < -0.39 is 0 Å². The zero-order valence-electron chi connectivity index (χ0n) is 12.1. The fourth-order valence-electron chi connectivity index (χ4n) is 3.86. The topological polar surface area (TPSA) is 36.6 Å². The van der Waals surface area contributed by atoms with Crippen molar-refractivity contribution in [3.63, 3.8) is 0 Å². The predicted molar refractivity (Wildman–Crippen MR) is 75.0 cm³/mol. The van der Waals surface area contributed by atoms with Crippen molar-refractivity contribution in [3.05, 3.63) is 23.2 Å². The van der Waals surface area contributed by atoms with E-state index >= 15 is 0 Å². The van der Waals surface area contributed by atoms with Crippen LogP contribution >= 0.6 is 0 Å². The fraction of sp³-hybridized carbons (Fsp3) is 0.750. The second-order valence-corrected chi connectivity index (χ2v) is 6.47. The summed E-state index contributed by atoms with van der Waals surface area (Å²) in [5.74, 6) is 2.52. The fourth-order valence-corrected chi connectivity index (χ4v) is 3.86. The van der Waals surface area contributed by atoms with Crippen molar-refractivity contribution >= 4 is 0 Å². The number of aryl methyl sites for hydroxylation is 2. The van der Waals surface area contributed by atoms with Crippen LogP contribution in [0.15, 0.2) is 10.5 Å². The van der Waals surface area contributed by atoms with Crippen molar-refractivity contribution in [2.24, 2.45) is 5.92 Å². The van der Waals surface area contributed by atoms with Crippen molar-refractivity contribution in [2.75, 3.05) is 13.1 Å². The van der Waals surface area contributed by atoms with Gasteiger partial charge in [-0.25, -0.2) is 0 Å². The van der Waals surface area contributed by atoms with Gasteiger partial charge in [-0.3, -0.25) is 4.90 Å². The standard InChI is InChI=1S/C16H25NO2/c1-12-9-14(13(2)19-12)10-17-8-7-16(18)6-4-3-5-15(16)11-17/h9,15,18H,3-8,10-11H2,1-2H3. The molecule has 2 fully saturated rings. The first kappa shape index (κ1) is 13.2. The molecule has 1 saturated heterocycles. The Hall–Kier alpha value is -0.800. The Morgan fingerprint density at radius 3 is 2.95 bits per heavy atom. The molecule has 1 aliphatic carbocycles. The molecule has 0 aromatic carbocycles.